The molecule has 0 radical (unpaired) electrons. The monoisotopic (exact) mass is 552 g/mol. The summed E-state index contributed by atoms with van der Waals surface area (Å²) in [5, 5.41) is 8.74. The van der Waals surface area contributed by atoms with E-state index >= 15 is 0 Å². The summed E-state index contributed by atoms with van der Waals surface area (Å²) in [6, 6.07) is 21.3. The molecule has 6 nitrogen and oxygen atoms in total. The molecule has 0 spiro atoms. The molecule has 2 aliphatic rings. The molecule has 2 aliphatic heterocycles. The number of fused-ring (bicyclic) bond motifs is 2. The number of aliphatic imine (C=N–C) groups is 2. The van der Waals surface area contributed by atoms with E-state index in [-0.39, 0.29) is 24.8 Å². The van der Waals surface area contributed by atoms with Crippen molar-refractivity contribution < 1.29 is 0 Å². The van der Waals surface area contributed by atoms with Crippen LogP contribution in [0.25, 0.3) is 41.6 Å². The van der Waals surface area contributed by atoms with Crippen LogP contribution in [0.5, 0.6) is 0 Å². The minimum Gasteiger partial charge on any atom is -0.368 e. The third-order valence-electron chi connectivity index (χ3n) is 6.03. The van der Waals surface area contributed by atoms with Crippen LogP contribution in [0.4, 0.5) is 0 Å². The summed E-state index contributed by atoms with van der Waals surface area (Å²) in [6.45, 7) is 3.50. The molecule has 2 aromatic heterocycles. The highest BCUT2D eigenvalue weighted by Crippen LogP contribution is 2.35. The molecule has 182 valence electrons. The van der Waals surface area contributed by atoms with E-state index in [1.165, 1.54) is 9.40 Å². The molecule has 7 rings (SSSR count). The van der Waals surface area contributed by atoms with Crippen LogP contribution in [0.15, 0.2) is 70.6 Å². The zero-order chi connectivity index (χ0) is 22.5. The summed E-state index contributed by atoms with van der Waals surface area (Å²) < 4.78 is 2.34. The molecule has 4 heterocycles. The number of hydrogen-bond acceptors (Lipinski definition) is 8. The zero-order valence-electron chi connectivity index (χ0n) is 19.0. The van der Waals surface area contributed by atoms with Gasteiger partial charge in [0.2, 0.25) is 0 Å². The van der Waals surface area contributed by atoms with Gasteiger partial charge in [-0.1, -0.05) is 18.2 Å². The van der Waals surface area contributed by atoms with Gasteiger partial charge < -0.3 is 10.6 Å². The molecule has 0 amide bonds. The van der Waals surface area contributed by atoms with Gasteiger partial charge >= 0.3 is 0 Å². The van der Waals surface area contributed by atoms with Crippen molar-refractivity contribution >= 4 is 79.6 Å². The van der Waals surface area contributed by atoms with Crippen molar-refractivity contribution in [3.8, 4) is 21.1 Å². The van der Waals surface area contributed by atoms with Crippen LogP contribution in [0.3, 0.4) is 0 Å². The maximum Gasteiger partial charge on any atom is 0.128 e. The van der Waals surface area contributed by atoms with Gasteiger partial charge in [-0.05, 0) is 42.5 Å². The average Bonchev–Trinajstić information content (AvgIpc) is 3.69. The van der Waals surface area contributed by atoms with Crippen molar-refractivity contribution in [1.82, 2.24) is 20.6 Å². The smallest absolute Gasteiger partial charge is 0.128 e. The van der Waals surface area contributed by atoms with E-state index in [1.54, 1.807) is 22.7 Å². The molecule has 0 unspecified atom stereocenters. The lowest BCUT2D eigenvalue weighted by Gasteiger charge is -2.01. The lowest BCUT2D eigenvalue weighted by molar-refractivity contribution is 0.960. The van der Waals surface area contributed by atoms with Crippen molar-refractivity contribution in [2.75, 3.05) is 26.2 Å². The summed E-state index contributed by atoms with van der Waals surface area (Å²) in [6.07, 6.45) is 0. The molecule has 0 saturated heterocycles. The number of rotatable bonds is 4. The molecular formula is C26H22Cl2N6S2. The Hall–Kier alpha value is -3.04. The Labute approximate surface area is 228 Å². The first-order chi connectivity index (χ1) is 16.8. The average molecular weight is 554 g/mol. The highest BCUT2D eigenvalue weighted by atomic mass is 35.5. The molecule has 3 aromatic carbocycles. The SMILES string of the molecule is Cl.Cl.c1cc(-c2nc3ccc(C4=NCCN4)cc3s2)cc(-c2nc3ccc(C4=NCCN4)cc3s2)c1. The van der Waals surface area contributed by atoms with Crippen molar-refractivity contribution in [1.29, 1.82) is 0 Å². The Morgan fingerprint density at radius 3 is 1.53 bits per heavy atom. The van der Waals surface area contributed by atoms with Crippen LogP contribution in [0.2, 0.25) is 0 Å². The van der Waals surface area contributed by atoms with Crippen LogP contribution >= 0.6 is 47.5 Å². The zero-order valence-corrected chi connectivity index (χ0v) is 22.3. The first-order valence-corrected chi connectivity index (χ1v) is 12.9. The fraction of sp³-hybridized carbons (Fsp3) is 0.154. The summed E-state index contributed by atoms with van der Waals surface area (Å²) in [5.74, 6) is 1.96. The molecule has 0 bridgehead atoms. The fourth-order valence-electron chi connectivity index (χ4n) is 4.36. The Morgan fingerprint density at radius 1 is 0.583 bits per heavy atom. The van der Waals surface area contributed by atoms with Gasteiger partial charge in [-0.15, -0.1) is 47.5 Å². The highest BCUT2D eigenvalue weighted by Gasteiger charge is 2.14. The van der Waals surface area contributed by atoms with Gasteiger partial charge in [-0.2, -0.15) is 0 Å². The first-order valence-electron chi connectivity index (χ1n) is 11.3. The number of amidine groups is 2. The van der Waals surface area contributed by atoms with Crippen LogP contribution in [-0.2, 0) is 0 Å². The van der Waals surface area contributed by atoms with Gasteiger partial charge in [0.15, 0.2) is 0 Å². The largest absolute Gasteiger partial charge is 0.368 e. The number of nitrogens with one attached hydrogen (secondary N) is 2. The van der Waals surface area contributed by atoms with Gasteiger partial charge in [0.05, 0.1) is 33.5 Å². The van der Waals surface area contributed by atoms with E-state index in [2.05, 4.69) is 81.3 Å². The molecular weight excluding hydrogens is 531 g/mol. The van der Waals surface area contributed by atoms with E-state index in [4.69, 9.17) is 9.97 Å². The predicted molar refractivity (Wildman–Crippen MR) is 157 cm³/mol. The number of nitrogens with zero attached hydrogens (tertiary/aromatic N) is 4. The lowest BCUT2D eigenvalue weighted by atomic mass is 10.1. The fourth-order valence-corrected chi connectivity index (χ4v) is 6.36. The summed E-state index contributed by atoms with van der Waals surface area (Å²) in [5.41, 5.74) is 6.51. The number of thiazole rings is 2. The molecule has 0 saturated carbocycles. The second kappa shape index (κ2) is 10.1. The Balaban J connectivity index is 0.00000133. The maximum absolute atomic E-state index is 4.91. The van der Waals surface area contributed by atoms with Crippen molar-refractivity contribution in [2.24, 2.45) is 9.98 Å². The Morgan fingerprint density at radius 2 is 1.08 bits per heavy atom. The minimum absolute atomic E-state index is 0. The van der Waals surface area contributed by atoms with Crippen LogP contribution in [-0.4, -0.2) is 47.8 Å². The Bertz CT molecular complexity index is 1520. The summed E-state index contributed by atoms with van der Waals surface area (Å²) in [4.78, 5) is 18.9. The molecule has 10 heteroatoms. The number of halogens is 2. The van der Waals surface area contributed by atoms with E-state index in [0.717, 1.165) is 81.2 Å². The third kappa shape index (κ3) is 4.46. The van der Waals surface area contributed by atoms with E-state index in [1.807, 2.05) is 0 Å². The second-order valence-corrected chi connectivity index (χ2v) is 10.4. The summed E-state index contributed by atoms with van der Waals surface area (Å²) >= 11 is 3.43. The van der Waals surface area contributed by atoms with Crippen molar-refractivity contribution in [3.63, 3.8) is 0 Å². The van der Waals surface area contributed by atoms with Crippen LogP contribution in [0.1, 0.15) is 11.1 Å². The summed E-state index contributed by atoms with van der Waals surface area (Å²) in [7, 11) is 0. The number of aromatic nitrogens is 2. The molecule has 0 atom stereocenters. The predicted octanol–water partition coefficient (Wildman–Crippen LogP) is 5.78. The maximum atomic E-state index is 4.91. The van der Waals surface area contributed by atoms with E-state index in [9.17, 15) is 0 Å². The standard InChI is InChI=1S/C26H20N6S2.2ClH/c1-2-17(25-31-19-6-4-15(13-21(19)33-25)23-27-8-9-28-23)12-18(3-1)26-32-20-7-5-16(14-22(20)34-26)24-29-10-11-30-24;;/h1-7,12-14H,8-11H2,(H,27,28)(H,29,30);2*1H. The van der Waals surface area contributed by atoms with Gasteiger partial charge in [0.25, 0.3) is 0 Å². The quantitative estimate of drug-likeness (QED) is 0.296. The molecule has 5 aromatic rings. The Kier molecular flexibility index (Phi) is 6.94. The first kappa shape index (κ1) is 24.6. The highest BCUT2D eigenvalue weighted by molar-refractivity contribution is 7.22. The topological polar surface area (TPSA) is 74.6 Å². The lowest BCUT2D eigenvalue weighted by Crippen LogP contribution is -2.19. The minimum atomic E-state index is 0. The van der Waals surface area contributed by atoms with Crippen LogP contribution < -0.4 is 10.6 Å². The van der Waals surface area contributed by atoms with Crippen molar-refractivity contribution in [2.45, 2.75) is 0 Å². The van der Waals surface area contributed by atoms with E-state index < -0.39 is 0 Å². The second-order valence-electron chi connectivity index (χ2n) is 8.30. The van der Waals surface area contributed by atoms with E-state index in [0.29, 0.717) is 0 Å². The molecule has 0 fully saturated rings. The molecule has 36 heavy (non-hydrogen) atoms. The number of hydrogen-bond donors (Lipinski definition) is 2. The number of benzene rings is 3. The van der Waals surface area contributed by atoms with Gasteiger partial charge in [0, 0.05) is 35.3 Å². The normalized spacial score (nSPS) is 14.6. The van der Waals surface area contributed by atoms with Crippen molar-refractivity contribution in [3.05, 3.63) is 71.8 Å². The van der Waals surface area contributed by atoms with Gasteiger partial charge in [-0.3, -0.25) is 9.98 Å². The van der Waals surface area contributed by atoms with Gasteiger partial charge in [-0.25, -0.2) is 9.97 Å². The van der Waals surface area contributed by atoms with Crippen LogP contribution in [0, 0.1) is 0 Å². The van der Waals surface area contributed by atoms with Gasteiger partial charge in [0.1, 0.15) is 21.7 Å². The molecule has 0 aliphatic carbocycles. The molecule has 2 N–H and O–H groups in total. The third-order valence-corrected chi connectivity index (χ3v) is 8.16.